The molecule has 0 saturated heterocycles. The van der Waals surface area contributed by atoms with Crippen LogP contribution in [-0.2, 0) is 22.2 Å². The third kappa shape index (κ3) is 6.59. The van der Waals surface area contributed by atoms with Crippen molar-refractivity contribution >= 4 is 22.4 Å². The molecule has 0 fully saturated rings. The van der Waals surface area contributed by atoms with Gasteiger partial charge in [-0.3, -0.25) is 10.3 Å². The Hall–Kier alpha value is -3.60. The zero-order valence-corrected chi connectivity index (χ0v) is 20.8. The van der Waals surface area contributed by atoms with Gasteiger partial charge >= 0.3 is 6.18 Å². The van der Waals surface area contributed by atoms with Crippen LogP contribution in [0.25, 0.3) is 22.2 Å². The van der Waals surface area contributed by atoms with Crippen molar-refractivity contribution < 1.29 is 22.6 Å². The van der Waals surface area contributed by atoms with E-state index in [1.165, 1.54) is 12.1 Å². The summed E-state index contributed by atoms with van der Waals surface area (Å²) in [6.07, 6.45) is -3.29. The molecule has 0 atom stereocenters. The first-order valence-electron chi connectivity index (χ1n) is 11.9. The van der Waals surface area contributed by atoms with E-state index in [0.717, 1.165) is 29.0 Å². The van der Waals surface area contributed by atoms with Gasteiger partial charge in [-0.1, -0.05) is 12.1 Å². The van der Waals surface area contributed by atoms with Crippen LogP contribution in [0.15, 0.2) is 60.8 Å². The molecule has 4 rings (SSSR count). The molecule has 2 aromatic carbocycles. The number of fused-ring (bicyclic) bond motifs is 1. The fourth-order valence-electron chi connectivity index (χ4n) is 3.81. The Morgan fingerprint density at radius 1 is 0.946 bits per heavy atom. The van der Waals surface area contributed by atoms with E-state index in [1.54, 1.807) is 6.20 Å². The summed E-state index contributed by atoms with van der Waals surface area (Å²) in [5, 5.41) is 7.00. The molecule has 0 spiro atoms. The number of nitrogens with zero attached hydrogens (tertiary/aromatic N) is 3. The molecule has 4 aromatic rings. The normalized spacial score (nSPS) is 11.9. The van der Waals surface area contributed by atoms with Gasteiger partial charge in [0.2, 0.25) is 6.41 Å². The third-order valence-electron chi connectivity index (χ3n) is 5.56. The molecule has 0 aliphatic carbocycles. The summed E-state index contributed by atoms with van der Waals surface area (Å²) in [7, 11) is 0. The van der Waals surface area contributed by atoms with Gasteiger partial charge in [-0.2, -0.15) is 13.2 Å². The molecule has 0 radical (unpaired) electrons. The van der Waals surface area contributed by atoms with Crippen molar-refractivity contribution in [1.82, 2.24) is 20.3 Å². The highest BCUT2D eigenvalue weighted by Gasteiger charge is 2.30. The van der Waals surface area contributed by atoms with Crippen LogP contribution >= 0.6 is 0 Å². The smallest absolute Gasteiger partial charge is 0.340 e. The highest BCUT2D eigenvalue weighted by Crippen LogP contribution is 2.32. The van der Waals surface area contributed by atoms with Gasteiger partial charge in [0.25, 0.3) is 0 Å². The number of aryl methyl sites for hydroxylation is 1. The van der Waals surface area contributed by atoms with Crippen LogP contribution in [0.4, 0.5) is 24.7 Å². The molecule has 0 unspecified atom stereocenters. The van der Waals surface area contributed by atoms with E-state index in [0.29, 0.717) is 41.4 Å². The minimum atomic E-state index is -4.41. The van der Waals surface area contributed by atoms with Gasteiger partial charge in [0.15, 0.2) is 0 Å². The van der Waals surface area contributed by atoms with Crippen molar-refractivity contribution in [3.8, 4) is 11.3 Å². The Labute approximate surface area is 213 Å². The van der Waals surface area contributed by atoms with Gasteiger partial charge in [-0.05, 0) is 68.8 Å². The van der Waals surface area contributed by atoms with Crippen molar-refractivity contribution in [3.63, 3.8) is 0 Å². The first-order chi connectivity index (χ1) is 17.8. The third-order valence-corrected chi connectivity index (χ3v) is 5.56. The van der Waals surface area contributed by atoms with Crippen LogP contribution in [0.3, 0.4) is 0 Å². The monoisotopic (exact) mass is 511 g/mol. The molecule has 0 saturated carbocycles. The molecule has 0 amide bonds. The zero-order valence-electron chi connectivity index (χ0n) is 20.8. The van der Waals surface area contributed by atoms with E-state index >= 15 is 0 Å². The Bertz CT molecular complexity index is 1340. The minimum Gasteiger partial charge on any atom is -0.340 e. The van der Waals surface area contributed by atoms with Crippen molar-refractivity contribution in [2.75, 3.05) is 18.5 Å². The summed E-state index contributed by atoms with van der Waals surface area (Å²) in [6.45, 7) is 6.89. The average Bonchev–Trinajstić information content (AvgIpc) is 2.87. The van der Waals surface area contributed by atoms with E-state index in [2.05, 4.69) is 20.6 Å². The predicted octanol–water partition coefficient (Wildman–Crippen LogP) is 6.21. The van der Waals surface area contributed by atoms with Gasteiger partial charge in [0.05, 0.1) is 23.3 Å². The Kier molecular flexibility index (Phi) is 8.32. The number of benzene rings is 2. The lowest BCUT2D eigenvalue weighted by Crippen LogP contribution is -2.34. The van der Waals surface area contributed by atoms with Gasteiger partial charge in [0, 0.05) is 36.0 Å². The summed E-state index contributed by atoms with van der Waals surface area (Å²) in [6, 6.07) is 14.4. The lowest BCUT2D eigenvalue weighted by Gasteiger charge is -2.18. The first kappa shape index (κ1) is 26.5. The van der Waals surface area contributed by atoms with Crippen LogP contribution in [0, 0.1) is 6.92 Å². The van der Waals surface area contributed by atoms with Crippen molar-refractivity contribution in [3.05, 3.63) is 77.7 Å². The van der Waals surface area contributed by atoms with Crippen LogP contribution in [-0.4, -0.2) is 34.6 Å². The number of pyridine rings is 1. The van der Waals surface area contributed by atoms with E-state index < -0.39 is 18.2 Å². The summed E-state index contributed by atoms with van der Waals surface area (Å²) in [4.78, 5) is 13.9. The standard InChI is InChI=1S/C27H28F3N5O2/c1-4-36-26(37-5-2)32-16-23-34-22-15-18(24-17(3)7-6-14-31-24)8-13-21(22)25(35-23)33-20-11-9-19(10-12-20)27(28,29)30/h6-15,26,32H,4-5,16H2,1-3H3,(H,33,34,35). The van der Waals surface area contributed by atoms with Crippen molar-refractivity contribution in [2.24, 2.45) is 0 Å². The van der Waals surface area contributed by atoms with E-state index in [4.69, 9.17) is 14.5 Å². The van der Waals surface area contributed by atoms with Crippen LogP contribution in [0.5, 0.6) is 0 Å². The number of anilines is 2. The summed E-state index contributed by atoms with van der Waals surface area (Å²) >= 11 is 0. The van der Waals surface area contributed by atoms with E-state index in [-0.39, 0.29) is 6.54 Å². The molecule has 2 N–H and O–H groups in total. The highest BCUT2D eigenvalue weighted by molar-refractivity contribution is 5.93. The van der Waals surface area contributed by atoms with Crippen molar-refractivity contribution in [2.45, 2.75) is 39.9 Å². The maximum Gasteiger partial charge on any atom is 0.416 e. The number of nitrogens with one attached hydrogen (secondary N) is 2. The topological polar surface area (TPSA) is 81.2 Å². The summed E-state index contributed by atoms with van der Waals surface area (Å²) in [5.74, 6) is 0.927. The second-order valence-corrected chi connectivity index (χ2v) is 8.21. The van der Waals surface area contributed by atoms with Crippen molar-refractivity contribution in [1.29, 1.82) is 0 Å². The lowest BCUT2D eigenvalue weighted by molar-refractivity contribution is -0.156. The van der Waals surface area contributed by atoms with Crippen LogP contribution < -0.4 is 10.6 Å². The van der Waals surface area contributed by atoms with Gasteiger partial charge in [-0.25, -0.2) is 9.97 Å². The molecule has 2 aromatic heterocycles. The summed E-state index contributed by atoms with van der Waals surface area (Å²) < 4.78 is 50.1. The molecule has 37 heavy (non-hydrogen) atoms. The lowest BCUT2D eigenvalue weighted by atomic mass is 10.0. The molecule has 0 bridgehead atoms. The van der Waals surface area contributed by atoms with Crippen LogP contribution in [0.2, 0.25) is 0 Å². The number of halogens is 3. The first-order valence-corrected chi connectivity index (χ1v) is 11.9. The molecule has 0 aliphatic heterocycles. The largest absolute Gasteiger partial charge is 0.416 e. The molecule has 2 heterocycles. The maximum atomic E-state index is 13.0. The highest BCUT2D eigenvalue weighted by atomic mass is 19.4. The zero-order chi connectivity index (χ0) is 26.4. The number of rotatable bonds is 10. The average molecular weight is 512 g/mol. The molecule has 7 nitrogen and oxygen atoms in total. The van der Waals surface area contributed by atoms with Gasteiger partial charge < -0.3 is 14.8 Å². The second kappa shape index (κ2) is 11.6. The molecule has 10 heteroatoms. The van der Waals surface area contributed by atoms with Crippen LogP contribution in [0.1, 0.15) is 30.8 Å². The van der Waals surface area contributed by atoms with E-state index in [1.807, 2.05) is 51.1 Å². The molecule has 194 valence electrons. The molecule has 0 aliphatic rings. The number of ether oxygens (including phenoxy) is 2. The predicted molar refractivity (Wildman–Crippen MR) is 136 cm³/mol. The number of alkyl halides is 3. The Balaban J connectivity index is 1.71. The number of hydrogen-bond acceptors (Lipinski definition) is 7. The number of hydrogen-bond donors (Lipinski definition) is 2. The molecular formula is C27H28F3N5O2. The second-order valence-electron chi connectivity index (χ2n) is 8.21. The SMILES string of the molecule is CCOC(NCc1nc(Nc2ccc(C(F)(F)F)cc2)c2ccc(-c3ncccc3C)cc2n1)OCC. The van der Waals surface area contributed by atoms with Gasteiger partial charge in [-0.15, -0.1) is 0 Å². The van der Waals surface area contributed by atoms with Gasteiger partial charge in [0.1, 0.15) is 11.6 Å². The van der Waals surface area contributed by atoms with E-state index in [9.17, 15) is 13.2 Å². The fraction of sp³-hybridized carbons (Fsp3) is 0.296. The minimum absolute atomic E-state index is 0.245. The fourth-order valence-corrected chi connectivity index (χ4v) is 3.81. The Morgan fingerprint density at radius 2 is 1.68 bits per heavy atom. The molecular weight excluding hydrogens is 483 g/mol. The quantitative estimate of drug-likeness (QED) is 0.245. The number of aromatic nitrogens is 3. The summed E-state index contributed by atoms with van der Waals surface area (Å²) in [5.41, 5.74) is 3.17. The Morgan fingerprint density at radius 3 is 2.32 bits per heavy atom. The maximum absolute atomic E-state index is 13.0.